The minimum atomic E-state index is -0.138. The minimum Gasteiger partial charge on any atom is -0.293 e. The summed E-state index contributed by atoms with van der Waals surface area (Å²) in [6.07, 6.45) is 2.94. The third-order valence-electron chi connectivity index (χ3n) is 1.73. The van der Waals surface area contributed by atoms with Gasteiger partial charge >= 0.3 is 0 Å². The lowest BCUT2D eigenvalue weighted by molar-refractivity contribution is 0.873. The van der Waals surface area contributed by atoms with E-state index in [1.54, 1.807) is 19.3 Å². The van der Waals surface area contributed by atoms with Crippen LogP contribution in [0.4, 0.5) is 0 Å². The number of hydrogen-bond acceptors (Lipinski definition) is 3. The average Bonchev–Trinajstić information content (AvgIpc) is 2.12. The normalized spacial score (nSPS) is 10.4. The first kappa shape index (κ1) is 6.97. The molecule has 0 saturated carbocycles. The van der Waals surface area contributed by atoms with Crippen LogP contribution in [0, 0.1) is 0 Å². The first-order valence-corrected chi connectivity index (χ1v) is 3.56. The quantitative estimate of drug-likeness (QED) is 0.559. The van der Waals surface area contributed by atoms with Crippen molar-refractivity contribution in [3.05, 3.63) is 34.9 Å². The molecule has 0 spiro atoms. The van der Waals surface area contributed by atoms with Crippen LogP contribution >= 0.6 is 0 Å². The molecule has 0 fully saturated rings. The van der Waals surface area contributed by atoms with E-state index in [0.29, 0.717) is 5.65 Å². The third-order valence-corrected chi connectivity index (χ3v) is 1.73. The molecule has 0 aromatic carbocycles. The molecular weight excluding hydrogens is 154 g/mol. The maximum atomic E-state index is 11.1. The summed E-state index contributed by atoms with van der Waals surface area (Å²) in [6.45, 7) is 0. The van der Waals surface area contributed by atoms with Crippen LogP contribution in [0.25, 0.3) is 11.2 Å². The molecule has 2 rings (SSSR count). The van der Waals surface area contributed by atoms with Crippen LogP contribution in [0.2, 0.25) is 0 Å². The molecule has 0 unspecified atom stereocenters. The first-order chi connectivity index (χ1) is 5.79. The van der Waals surface area contributed by atoms with Crippen LogP contribution < -0.4 is 5.56 Å². The largest absolute Gasteiger partial charge is 0.293 e. The van der Waals surface area contributed by atoms with Crippen LogP contribution in [0.1, 0.15) is 0 Å². The number of nitrogens with zero attached hydrogens (tertiary/aromatic N) is 3. The lowest BCUT2D eigenvalue weighted by atomic mass is 10.4. The van der Waals surface area contributed by atoms with Gasteiger partial charge in [-0.1, -0.05) is 0 Å². The minimum absolute atomic E-state index is 0.138. The van der Waals surface area contributed by atoms with Gasteiger partial charge < -0.3 is 0 Å². The van der Waals surface area contributed by atoms with Crippen LogP contribution in [-0.4, -0.2) is 14.5 Å². The summed E-state index contributed by atoms with van der Waals surface area (Å²) < 4.78 is 1.47. The van der Waals surface area contributed by atoms with E-state index in [-0.39, 0.29) is 5.56 Å². The van der Waals surface area contributed by atoms with Gasteiger partial charge in [0.2, 0.25) is 0 Å². The van der Waals surface area contributed by atoms with Gasteiger partial charge in [-0.05, 0) is 12.1 Å². The molecule has 0 amide bonds. The highest BCUT2D eigenvalue weighted by Gasteiger charge is 1.98. The monoisotopic (exact) mass is 161 g/mol. The first-order valence-electron chi connectivity index (χ1n) is 3.56. The van der Waals surface area contributed by atoms with Crippen molar-refractivity contribution >= 4 is 11.2 Å². The van der Waals surface area contributed by atoms with Crippen molar-refractivity contribution in [2.45, 2.75) is 0 Å². The average molecular weight is 161 g/mol. The highest BCUT2D eigenvalue weighted by atomic mass is 16.1. The second kappa shape index (κ2) is 2.41. The van der Waals surface area contributed by atoms with E-state index in [0.717, 1.165) is 5.52 Å². The van der Waals surface area contributed by atoms with Gasteiger partial charge in [-0.25, -0.2) is 9.97 Å². The molecule has 0 atom stereocenters. The molecule has 0 aliphatic carbocycles. The Bertz CT molecular complexity index is 475. The van der Waals surface area contributed by atoms with Gasteiger partial charge in [-0.2, -0.15) is 0 Å². The van der Waals surface area contributed by atoms with E-state index in [4.69, 9.17) is 0 Å². The molecule has 12 heavy (non-hydrogen) atoms. The van der Waals surface area contributed by atoms with Crippen molar-refractivity contribution in [2.24, 2.45) is 7.05 Å². The number of hydrogen-bond donors (Lipinski definition) is 0. The standard InChI is InChI=1S/C8H7N3O/c1-11-7(12)5-10-6-3-2-4-9-8(6)11/h2-5H,1H3. The van der Waals surface area contributed by atoms with E-state index in [1.165, 1.54) is 10.8 Å². The van der Waals surface area contributed by atoms with Crippen molar-refractivity contribution in [2.75, 3.05) is 0 Å². The second-order valence-corrected chi connectivity index (χ2v) is 2.50. The van der Waals surface area contributed by atoms with E-state index in [9.17, 15) is 4.79 Å². The van der Waals surface area contributed by atoms with Gasteiger partial charge in [0.1, 0.15) is 5.52 Å². The van der Waals surface area contributed by atoms with E-state index < -0.39 is 0 Å². The molecule has 0 radical (unpaired) electrons. The molecule has 4 nitrogen and oxygen atoms in total. The Kier molecular flexibility index (Phi) is 1.40. The van der Waals surface area contributed by atoms with Gasteiger partial charge in [0.25, 0.3) is 5.56 Å². The molecule has 4 heteroatoms. The number of aromatic nitrogens is 3. The van der Waals surface area contributed by atoms with Crippen molar-refractivity contribution in [3.8, 4) is 0 Å². The summed E-state index contributed by atoms with van der Waals surface area (Å²) in [5.74, 6) is 0. The maximum Gasteiger partial charge on any atom is 0.270 e. The summed E-state index contributed by atoms with van der Waals surface area (Å²) >= 11 is 0. The summed E-state index contributed by atoms with van der Waals surface area (Å²) in [6, 6.07) is 3.61. The molecule has 0 saturated heterocycles. The maximum absolute atomic E-state index is 11.1. The Morgan fingerprint density at radius 1 is 1.42 bits per heavy atom. The molecule has 0 aliphatic rings. The van der Waals surface area contributed by atoms with Crippen LogP contribution in [0.3, 0.4) is 0 Å². The summed E-state index contributed by atoms with van der Waals surface area (Å²) in [7, 11) is 1.68. The molecule has 0 N–H and O–H groups in total. The zero-order valence-electron chi connectivity index (χ0n) is 6.56. The van der Waals surface area contributed by atoms with Gasteiger partial charge in [-0.15, -0.1) is 0 Å². The van der Waals surface area contributed by atoms with E-state index in [1.807, 2.05) is 6.07 Å². The number of pyridine rings is 1. The van der Waals surface area contributed by atoms with Crippen LogP contribution in [0.5, 0.6) is 0 Å². The Hall–Kier alpha value is -1.71. The van der Waals surface area contributed by atoms with Crippen molar-refractivity contribution in [1.82, 2.24) is 14.5 Å². The third kappa shape index (κ3) is 0.887. The fraction of sp³-hybridized carbons (Fsp3) is 0.125. The van der Waals surface area contributed by atoms with E-state index >= 15 is 0 Å². The Balaban J connectivity index is 3.01. The van der Waals surface area contributed by atoms with Gasteiger partial charge in [0.05, 0.1) is 6.20 Å². The van der Waals surface area contributed by atoms with Gasteiger partial charge in [0, 0.05) is 13.2 Å². The summed E-state index contributed by atoms with van der Waals surface area (Å²) in [4.78, 5) is 19.1. The predicted octanol–water partition coefficient (Wildman–Crippen LogP) is 0.328. The Labute approximate surface area is 68.5 Å². The van der Waals surface area contributed by atoms with Gasteiger partial charge in [0.15, 0.2) is 5.65 Å². The Morgan fingerprint density at radius 2 is 2.25 bits per heavy atom. The lowest BCUT2D eigenvalue weighted by Crippen LogP contribution is -2.17. The lowest BCUT2D eigenvalue weighted by Gasteiger charge is -1.99. The number of fused-ring (bicyclic) bond motifs is 1. The fourth-order valence-electron chi connectivity index (χ4n) is 1.06. The van der Waals surface area contributed by atoms with Crippen LogP contribution in [0.15, 0.2) is 29.3 Å². The molecule has 2 heterocycles. The SMILES string of the molecule is Cn1c(=O)cnc2cccnc21. The molecule has 0 bridgehead atoms. The fourth-order valence-corrected chi connectivity index (χ4v) is 1.06. The molecule has 2 aromatic heterocycles. The summed E-state index contributed by atoms with van der Waals surface area (Å²) in [5.41, 5.74) is 1.21. The highest BCUT2D eigenvalue weighted by molar-refractivity contribution is 5.68. The second-order valence-electron chi connectivity index (χ2n) is 2.50. The van der Waals surface area contributed by atoms with Crippen molar-refractivity contribution in [1.29, 1.82) is 0 Å². The molecule has 2 aromatic rings. The van der Waals surface area contributed by atoms with E-state index in [2.05, 4.69) is 9.97 Å². The highest BCUT2D eigenvalue weighted by Crippen LogP contribution is 2.01. The summed E-state index contributed by atoms with van der Waals surface area (Å²) in [5, 5.41) is 0. The van der Waals surface area contributed by atoms with Crippen molar-refractivity contribution < 1.29 is 0 Å². The smallest absolute Gasteiger partial charge is 0.270 e. The number of aryl methyl sites for hydroxylation is 1. The molecular formula is C8H7N3O. The zero-order chi connectivity index (χ0) is 8.55. The van der Waals surface area contributed by atoms with Gasteiger partial charge in [-0.3, -0.25) is 9.36 Å². The van der Waals surface area contributed by atoms with Crippen molar-refractivity contribution in [3.63, 3.8) is 0 Å². The van der Waals surface area contributed by atoms with Crippen LogP contribution in [-0.2, 0) is 7.05 Å². The predicted molar refractivity (Wildman–Crippen MR) is 44.8 cm³/mol. The molecule has 60 valence electrons. The molecule has 0 aliphatic heterocycles. The topological polar surface area (TPSA) is 47.8 Å². The Morgan fingerprint density at radius 3 is 3.08 bits per heavy atom. The number of rotatable bonds is 0. The zero-order valence-corrected chi connectivity index (χ0v) is 6.56.